The molecule has 0 amide bonds. The molecule has 0 atom stereocenters. The van der Waals surface area contributed by atoms with E-state index in [0.717, 1.165) is 37.4 Å². The number of rotatable bonds is 1. The Kier molecular flexibility index (Phi) is 3.36. The molecule has 0 radical (unpaired) electrons. The van der Waals surface area contributed by atoms with Gasteiger partial charge in [-0.3, -0.25) is 9.38 Å². The predicted octanol–water partition coefficient (Wildman–Crippen LogP) is 1.01. The first-order valence-corrected chi connectivity index (χ1v) is 5.30. The number of nitrogens with zero attached hydrogens (tertiary/aromatic N) is 4. The molecule has 0 unspecified atom stereocenters. The highest BCUT2D eigenvalue weighted by Gasteiger charge is 2.20. The van der Waals surface area contributed by atoms with Gasteiger partial charge in [-0.25, -0.2) is 0 Å². The van der Waals surface area contributed by atoms with Gasteiger partial charge in [0.1, 0.15) is 5.82 Å². The van der Waals surface area contributed by atoms with Gasteiger partial charge in [0.05, 0.1) is 6.20 Å². The van der Waals surface area contributed by atoms with E-state index in [2.05, 4.69) is 20.5 Å². The lowest BCUT2D eigenvalue weighted by atomic mass is 9.97. The fourth-order valence-electron chi connectivity index (χ4n) is 2.13. The number of piperidine rings is 1. The van der Waals surface area contributed by atoms with Gasteiger partial charge in [0.2, 0.25) is 0 Å². The van der Waals surface area contributed by atoms with Crippen LogP contribution in [0.25, 0.3) is 5.65 Å². The Morgan fingerprint density at radius 2 is 2.06 bits per heavy atom. The van der Waals surface area contributed by atoms with Crippen LogP contribution in [0, 0.1) is 0 Å². The van der Waals surface area contributed by atoms with E-state index in [1.807, 2.05) is 10.6 Å². The summed E-state index contributed by atoms with van der Waals surface area (Å²) in [6.45, 7) is 2.15. The summed E-state index contributed by atoms with van der Waals surface area (Å²) in [5.74, 6) is 1.61. The zero-order valence-electron chi connectivity index (χ0n) is 8.83. The average Bonchev–Trinajstić information content (AvgIpc) is 2.74. The lowest BCUT2D eigenvalue weighted by molar-refractivity contribution is 0.442. The van der Waals surface area contributed by atoms with E-state index in [0.29, 0.717) is 5.92 Å². The number of nitrogens with one attached hydrogen (secondary N) is 1. The van der Waals surface area contributed by atoms with Crippen molar-refractivity contribution < 1.29 is 0 Å². The fourth-order valence-corrected chi connectivity index (χ4v) is 2.13. The van der Waals surface area contributed by atoms with Crippen molar-refractivity contribution >= 4 is 18.1 Å². The Morgan fingerprint density at radius 3 is 2.88 bits per heavy atom. The number of fused-ring (bicyclic) bond motifs is 1. The van der Waals surface area contributed by atoms with E-state index in [4.69, 9.17) is 0 Å². The summed E-state index contributed by atoms with van der Waals surface area (Å²) < 4.78 is 2.04. The fraction of sp³-hybridized carbons (Fsp3) is 0.500. The highest BCUT2D eigenvalue weighted by atomic mass is 35.5. The van der Waals surface area contributed by atoms with Gasteiger partial charge in [-0.2, -0.15) is 0 Å². The molecule has 2 aromatic rings. The minimum Gasteiger partial charge on any atom is -0.317 e. The summed E-state index contributed by atoms with van der Waals surface area (Å²) in [4.78, 5) is 4.04. The second-order valence-electron chi connectivity index (χ2n) is 3.89. The van der Waals surface area contributed by atoms with Gasteiger partial charge >= 0.3 is 0 Å². The maximum atomic E-state index is 4.26. The van der Waals surface area contributed by atoms with Crippen LogP contribution < -0.4 is 5.32 Å². The van der Waals surface area contributed by atoms with Crippen molar-refractivity contribution in [3.05, 3.63) is 24.4 Å². The van der Waals surface area contributed by atoms with E-state index in [1.54, 1.807) is 12.4 Å². The summed E-state index contributed by atoms with van der Waals surface area (Å²) in [5.41, 5.74) is 0.839. The number of hydrogen-bond donors (Lipinski definition) is 1. The highest BCUT2D eigenvalue weighted by Crippen LogP contribution is 2.23. The molecule has 1 aliphatic rings. The minimum absolute atomic E-state index is 0. The Morgan fingerprint density at radius 1 is 1.25 bits per heavy atom. The summed E-state index contributed by atoms with van der Waals surface area (Å²) in [6.07, 6.45) is 7.75. The van der Waals surface area contributed by atoms with E-state index in [1.165, 1.54) is 0 Å². The Bertz CT molecular complexity index is 463. The molecular weight excluding hydrogens is 226 g/mol. The molecule has 0 bridgehead atoms. The molecule has 2 aromatic heterocycles. The molecular formula is C10H14ClN5. The molecule has 6 heteroatoms. The van der Waals surface area contributed by atoms with E-state index in [9.17, 15) is 0 Å². The van der Waals surface area contributed by atoms with E-state index < -0.39 is 0 Å². The summed E-state index contributed by atoms with van der Waals surface area (Å²) in [6, 6.07) is 0. The maximum absolute atomic E-state index is 4.26. The molecule has 0 aliphatic carbocycles. The summed E-state index contributed by atoms with van der Waals surface area (Å²) in [7, 11) is 0. The van der Waals surface area contributed by atoms with Gasteiger partial charge in [-0.15, -0.1) is 22.6 Å². The van der Waals surface area contributed by atoms with Crippen molar-refractivity contribution in [3.63, 3.8) is 0 Å². The maximum Gasteiger partial charge on any atom is 0.179 e. The van der Waals surface area contributed by atoms with Crippen LogP contribution in [0.5, 0.6) is 0 Å². The Labute approximate surface area is 99.7 Å². The monoisotopic (exact) mass is 239 g/mol. The first kappa shape index (κ1) is 11.3. The van der Waals surface area contributed by atoms with Crippen LogP contribution in [0.3, 0.4) is 0 Å². The lowest BCUT2D eigenvalue weighted by Gasteiger charge is -2.20. The van der Waals surface area contributed by atoms with Crippen molar-refractivity contribution in [2.24, 2.45) is 0 Å². The van der Waals surface area contributed by atoms with Crippen LogP contribution in [0.15, 0.2) is 18.6 Å². The molecule has 3 heterocycles. The van der Waals surface area contributed by atoms with Crippen LogP contribution in [-0.4, -0.2) is 32.7 Å². The Hall–Kier alpha value is -1.20. The van der Waals surface area contributed by atoms with Crippen LogP contribution >= 0.6 is 12.4 Å². The summed E-state index contributed by atoms with van der Waals surface area (Å²) >= 11 is 0. The van der Waals surface area contributed by atoms with E-state index >= 15 is 0 Å². The van der Waals surface area contributed by atoms with Gasteiger partial charge in [0.15, 0.2) is 5.65 Å². The van der Waals surface area contributed by atoms with Crippen molar-refractivity contribution in [1.82, 2.24) is 24.9 Å². The quantitative estimate of drug-likeness (QED) is 0.807. The first-order chi connectivity index (χ1) is 7.45. The third-order valence-corrected chi connectivity index (χ3v) is 2.94. The lowest BCUT2D eigenvalue weighted by Crippen LogP contribution is -2.27. The second kappa shape index (κ2) is 4.76. The SMILES string of the molecule is Cl.c1cn2c(C3CCNCC3)nnc2cn1. The third-order valence-electron chi connectivity index (χ3n) is 2.94. The molecule has 3 rings (SSSR count). The standard InChI is InChI=1S/C10H13N5.ClH/c1-3-11-4-2-8(1)10-14-13-9-7-12-5-6-15(9)10;/h5-8,11H,1-4H2;1H. The molecule has 1 aliphatic heterocycles. The van der Waals surface area contributed by atoms with Crippen LogP contribution in [-0.2, 0) is 0 Å². The average molecular weight is 240 g/mol. The van der Waals surface area contributed by atoms with E-state index in [-0.39, 0.29) is 12.4 Å². The van der Waals surface area contributed by atoms with Crippen molar-refractivity contribution in [2.45, 2.75) is 18.8 Å². The second-order valence-corrected chi connectivity index (χ2v) is 3.89. The smallest absolute Gasteiger partial charge is 0.179 e. The molecule has 0 spiro atoms. The number of halogens is 1. The molecule has 16 heavy (non-hydrogen) atoms. The minimum atomic E-state index is 0. The number of hydrogen-bond acceptors (Lipinski definition) is 4. The molecule has 1 N–H and O–H groups in total. The van der Waals surface area contributed by atoms with Crippen molar-refractivity contribution in [3.8, 4) is 0 Å². The zero-order chi connectivity index (χ0) is 10.1. The van der Waals surface area contributed by atoms with Crippen LogP contribution in [0.2, 0.25) is 0 Å². The summed E-state index contributed by atoms with van der Waals surface area (Å²) in [5, 5.41) is 11.7. The molecule has 1 saturated heterocycles. The van der Waals surface area contributed by atoms with Gasteiger partial charge in [-0.05, 0) is 25.9 Å². The first-order valence-electron chi connectivity index (χ1n) is 5.30. The van der Waals surface area contributed by atoms with Crippen molar-refractivity contribution in [1.29, 1.82) is 0 Å². The topological polar surface area (TPSA) is 55.1 Å². The van der Waals surface area contributed by atoms with Crippen molar-refractivity contribution in [2.75, 3.05) is 13.1 Å². The molecule has 86 valence electrons. The van der Waals surface area contributed by atoms with Gasteiger partial charge in [0, 0.05) is 18.3 Å². The largest absolute Gasteiger partial charge is 0.317 e. The normalized spacial score (nSPS) is 17.2. The van der Waals surface area contributed by atoms with Crippen LogP contribution in [0.4, 0.5) is 0 Å². The zero-order valence-corrected chi connectivity index (χ0v) is 9.65. The van der Waals surface area contributed by atoms with Crippen LogP contribution in [0.1, 0.15) is 24.6 Å². The number of aromatic nitrogens is 4. The molecule has 5 nitrogen and oxygen atoms in total. The van der Waals surface area contributed by atoms with Gasteiger partial charge < -0.3 is 5.32 Å². The molecule has 1 fully saturated rings. The molecule has 0 saturated carbocycles. The molecule has 0 aromatic carbocycles. The highest BCUT2D eigenvalue weighted by molar-refractivity contribution is 5.85. The Balaban J connectivity index is 0.000000963. The van der Waals surface area contributed by atoms with Gasteiger partial charge in [-0.1, -0.05) is 0 Å². The van der Waals surface area contributed by atoms with Gasteiger partial charge in [0.25, 0.3) is 0 Å². The predicted molar refractivity (Wildman–Crippen MR) is 62.9 cm³/mol. The third kappa shape index (κ3) is 1.88.